The van der Waals surface area contributed by atoms with Crippen molar-refractivity contribution < 1.29 is 24.2 Å². The quantitative estimate of drug-likeness (QED) is 0.879. The van der Waals surface area contributed by atoms with Gasteiger partial charge in [-0.3, -0.25) is 4.90 Å². The lowest BCUT2D eigenvalue weighted by Gasteiger charge is -2.43. The molecule has 4 rings (SSSR count). The van der Waals surface area contributed by atoms with E-state index in [1.165, 1.54) is 0 Å². The van der Waals surface area contributed by atoms with E-state index in [-0.39, 0.29) is 30.3 Å². The topological polar surface area (TPSA) is 76.1 Å². The zero-order chi connectivity index (χ0) is 19.5. The molecular weight excluding hydrogens is 358 g/mol. The molecule has 2 heterocycles. The molecule has 1 saturated heterocycles. The van der Waals surface area contributed by atoms with E-state index in [1.807, 2.05) is 42.5 Å². The van der Waals surface area contributed by atoms with Crippen LogP contribution in [0.15, 0.2) is 60.7 Å². The molecule has 144 valence electrons. The maximum Gasteiger partial charge on any atom is 0.411 e. The summed E-state index contributed by atoms with van der Waals surface area (Å²) in [6.45, 7) is 1.07. The van der Waals surface area contributed by atoms with Crippen LogP contribution in [0, 0.1) is 0 Å². The van der Waals surface area contributed by atoms with Crippen LogP contribution in [-0.2, 0) is 16.1 Å². The molecule has 1 N–H and O–H groups in total. The lowest BCUT2D eigenvalue weighted by atomic mass is 9.89. The molecule has 1 fully saturated rings. The van der Waals surface area contributed by atoms with Gasteiger partial charge in [0.2, 0.25) is 0 Å². The molecule has 0 aromatic heterocycles. The van der Waals surface area contributed by atoms with Crippen molar-refractivity contribution in [2.75, 3.05) is 13.2 Å². The molecule has 2 aliphatic heterocycles. The number of rotatable bonds is 4. The van der Waals surface area contributed by atoms with Crippen LogP contribution < -0.4 is 0 Å². The van der Waals surface area contributed by atoms with Crippen LogP contribution >= 0.6 is 0 Å². The van der Waals surface area contributed by atoms with E-state index in [0.29, 0.717) is 19.6 Å². The van der Waals surface area contributed by atoms with E-state index in [9.17, 15) is 14.7 Å². The Kier molecular flexibility index (Phi) is 5.12. The van der Waals surface area contributed by atoms with Crippen LogP contribution in [0.4, 0.5) is 4.79 Å². The lowest BCUT2D eigenvalue weighted by Crippen LogP contribution is -2.56. The van der Waals surface area contributed by atoms with Gasteiger partial charge in [-0.2, -0.15) is 0 Å². The largest absolute Gasteiger partial charge is 0.478 e. The fraction of sp³-hybridized carbons (Fsp3) is 0.273. The highest BCUT2D eigenvalue weighted by Gasteiger charge is 2.39. The molecule has 2 unspecified atom stereocenters. The average Bonchev–Trinajstić information content (AvgIpc) is 2.72. The van der Waals surface area contributed by atoms with Gasteiger partial charge in [-0.15, -0.1) is 0 Å². The van der Waals surface area contributed by atoms with Crippen molar-refractivity contribution in [1.82, 2.24) is 4.90 Å². The summed E-state index contributed by atoms with van der Waals surface area (Å²) in [5, 5.41) is 9.23. The number of ether oxygens (including phenoxy) is 2. The summed E-state index contributed by atoms with van der Waals surface area (Å²) in [5.41, 5.74) is 3.10. The number of morpholine rings is 1. The monoisotopic (exact) mass is 379 g/mol. The summed E-state index contributed by atoms with van der Waals surface area (Å²) in [6.07, 6.45) is 2.23. The minimum atomic E-state index is -0.951. The number of hydrogen-bond donors (Lipinski definition) is 1. The Bertz CT molecular complexity index is 908. The third-order valence-corrected chi connectivity index (χ3v) is 5.09. The number of carboxylic acids is 1. The third-order valence-electron chi connectivity index (χ3n) is 5.09. The standard InChI is InChI=1S/C22H21NO5/c24-21(25)17-8-4-7-16(9-17)18-10-19-13-27-14-20(11-18)23(19)22(26)28-12-15-5-2-1-3-6-15/h1-10,19-20H,11-14H2,(H,24,25). The number of amides is 1. The Hall–Kier alpha value is -3.12. The summed E-state index contributed by atoms with van der Waals surface area (Å²) >= 11 is 0. The van der Waals surface area contributed by atoms with Crippen LogP contribution in [-0.4, -0.2) is 47.4 Å². The zero-order valence-electron chi connectivity index (χ0n) is 15.3. The average molecular weight is 379 g/mol. The van der Waals surface area contributed by atoms with Crippen molar-refractivity contribution in [2.45, 2.75) is 25.1 Å². The second-order valence-electron chi connectivity index (χ2n) is 6.99. The first-order valence-corrected chi connectivity index (χ1v) is 9.23. The molecule has 28 heavy (non-hydrogen) atoms. The number of fused-ring (bicyclic) bond motifs is 2. The molecule has 2 aromatic rings. The highest BCUT2D eigenvalue weighted by molar-refractivity contribution is 5.89. The first kappa shape index (κ1) is 18.3. The lowest BCUT2D eigenvalue weighted by molar-refractivity contribution is -0.0342. The van der Waals surface area contributed by atoms with Crippen molar-refractivity contribution in [1.29, 1.82) is 0 Å². The highest BCUT2D eigenvalue weighted by atomic mass is 16.6. The Morgan fingerprint density at radius 2 is 1.93 bits per heavy atom. The van der Waals surface area contributed by atoms with E-state index in [2.05, 4.69) is 0 Å². The normalized spacial score (nSPS) is 21.0. The molecule has 6 nitrogen and oxygen atoms in total. The van der Waals surface area contributed by atoms with Crippen LogP contribution in [0.1, 0.15) is 27.9 Å². The number of hydrogen-bond acceptors (Lipinski definition) is 4. The van der Waals surface area contributed by atoms with Gasteiger partial charge < -0.3 is 14.6 Å². The first-order valence-electron chi connectivity index (χ1n) is 9.23. The molecule has 0 saturated carbocycles. The summed E-state index contributed by atoms with van der Waals surface area (Å²) in [6, 6.07) is 16.1. The van der Waals surface area contributed by atoms with Crippen LogP contribution in [0.25, 0.3) is 5.57 Å². The van der Waals surface area contributed by atoms with E-state index in [0.717, 1.165) is 16.7 Å². The minimum absolute atomic E-state index is 0.129. The number of carbonyl (C=O) groups excluding carboxylic acids is 1. The van der Waals surface area contributed by atoms with Crippen LogP contribution in [0.2, 0.25) is 0 Å². The van der Waals surface area contributed by atoms with E-state index < -0.39 is 5.97 Å². The van der Waals surface area contributed by atoms with Gasteiger partial charge in [0.25, 0.3) is 0 Å². The molecule has 2 aromatic carbocycles. The number of carboxylic acid groups (broad SMARTS) is 1. The van der Waals surface area contributed by atoms with Crippen molar-refractivity contribution in [3.05, 3.63) is 77.4 Å². The zero-order valence-corrected chi connectivity index (χ0v) is 15.3. The van der Waals surface area contributed by atoms with Gasteiger partial charge in [-0.1, -0.05) is 48.5 Å². The summed E-state index contributed by atoms with van der Waals surface area (Å²) in [5.74, 6) is -0.951. The molecule has 6 heteroatoms. The fourth-order valence-electron chi connectivity index (χ4n) is 3.74. The number of aromatic carboxylic acids is 1. The second kappa shape index (κ2) is 7.86. The molecular formula is C22H21NO5. The maximum atomic E-state index is 12.7. The van der Waals surface area contributed by atoms with Crippen molar-refractivity contribution in [3.63, 3.8) is 0 Å². The Labute approximate surface area is 163 Å². The van der Waals surface area contributed by atoms with Crippen molar-refractivity contribution in [3.8, 4) is 0 Å². The molecule has 2 bridgehead atoms. The van der Waals surface area contributed by atoms with Gasteiger partial charge in [0.15, 0.2) is 0 Å². The van der Waals surface area contributed by atoms with Crippen molar-refractivity contribution in [2.24, 2.45) is 0 Å². The van der Waals surface area contributed by atoms with Crippen molar-refractivity contribution >= 4 is 17.6 Å². The van der Waals surface area contributed by atoms with E-state index in [1.54, 1.807) is 23.1 Å². The van der Waals surface area contributed by atoms with Gasteiger partial charge in [-0.05, 0) is 35.3 Å². The fourth-order valence-corrected chi connectivity index (χ4v) is 3.74. The van der Waals surface area contributed by atoms with Crippen LogP contribution in [0.5, 0.6) is 0 Å². The summed E-state index contributed by atoms with van der Waals surface area (Å²) in [7, 11) is 0. The highest BCUT2D eigenvalue weighted by Crippen LogP contribution is 2.33. The van der Waals surface area contributed by atoms with Gasteiger partial charge in [0.1, 0.15) is 6.61 Å². The Morgan fingerprint density at radius 1 is 1.11 bits per heavy atom. The van der Waals surface area contributed by atoms with E-state index >= 15 is 0 Å². The number of benzene rings is 2. The summed E-state index contributed by atoms with van der Waals surface area (Å²) in [4.78, 5) is 25.7. The second-order valence-corrected chi connectivity index (χ2v) is 6.99. The molecule has 0 radical (unpaired) electrons. The van der Waals surface area contributed by atoms with Gasteiger partial charge in [-0.25, -0.2) is 9.59 Å². The Morgan fingerprint density at radius 3 is 2.68 bits per heavy atom. The molecule has 0 aliphatic carbocycles. The summed E-state index contributed by atoms with van der Waals surface area (Å²) < 4.78 is 11.2. The predicted molar refractivity (Wildman–Crippen MR) is 103 cm³/mol. The molecule has 0 spiro atoms. The first-order chi connectivity index (χ1) is 13.6. The predicted octanol–water partition coefficient (Wildman–Crippen LogP) is 3.58. The van der Waals surface area contributed by atoms with Crippen LogP contribution in [0.3, 0.4) is 0 Å². The molecule has 2 atom stereocenters. The number of nitrogens with zero attached hydrogens (tertiary/aromatic N) is 1. The maximum absolute atomic E-state index is 12.7. The number of carbonyl (C=O) groups is 2. The third kappa shape index (κ3) is 3.77. The van der Waals surface area contributed by atoms with E-state index in [4.69, 9.17) is 9.47 Å². The smallest absolute Gasteiger partial charge is 0.411 e. The minimum Gasteiger partial charge on any atom is -0.478 e. The van der Waals surface area contributed by atoms with Gasteiger partial charge >= 0.3 is 12.1 Å². The molecule has 1 amide bonds. The van der Waals surface area contributed by atoms with Gasteiger partial charge in [0, 0.05) is 0 Å². The Balaban J connectivity index is 1.52. The SMILES string of the molecule is O=C(O)c1cccc(C2=CC3COCC(C2)N3C(=O)OCc2ccccc2)c1. The van der Waals surface area contributed by atoms with Gasteiger partial charge in [0.05, 0.1) is 30.9 Å². The molecule has 2 aliphatic rings.